The number of aryl methyl sites for hydroxylation is 1. The summed E-state index contributed by atoms with van der Waals surface area (Å²) in [4.78, 5) is 11.8. The first-order valence-electron chi connectivity index (χ1n) is 6.85. The van der Waals surface area contributed by atoms with Crippen LogP contribution < -0.4 is 15.8 Å². The van der Waals surface area contributed by atoms with E-state index in [2.05, 4.69) is 17.4 Å². The molecule has 102 valence electrons. The molecule has 1 aliphatic heterocycles. The molecule has 1 aromatic rings. The molecule has 0 radical (unpaired) electrons. The number of methoxy groups -OCH3 is 1. The van der Waals surface area contributed by atoms with Crippen molar-refractivity contribution in [1.82, 2.24) is 5.32 Å². The molecule has 19 heavy (non-hydrogen) atoms. The first kappa shape index (κ1) is 12.5. The van der Waals surface area contributed by atoms with Gasteiger partial charge in [-0.3, -0.25) is 4.79 Å². The third-order valence-electron chi connectivity index (χ3n) is 4.72. The van der Waals surface area contributed by atoms with Crippen LogP contribution in [0.15, 0.2) is 18.2 Å². The van der Waals surface area contributed by atoms with Gasteiger partial charge in [-0.25, -0.2) is 0 Å². The molecule has 1 aromatic carbocycles. The smallest absolute Gasteiger partial charge is 0.222 e. The molecule has 0 aromatic heterocycles. The van der Waals surface area contributed by atoms with Gasteiger partial charge in [0.05, 0.1) is 13.0 Å². The average Bonchev–Trinajstić information content (AvgIpc) is 2.83. The highest BCUT2D eigenvalue weighted by atomic mass is 16.5. The second-order valence-corrected chi connectivity index (χ2v) is 5.62. The second-order valence-electron chi connectivity index (χ2n) is 5.62. The Balaban J connectivity index is 2.12. The Hall–Kier alpha value is -1.55. The molecule has 0 bridgehead atoms. The monoisotopic (exact) mass is 260 g/mol. The van der Waals surface area contributed by atoms with Crippen molar-refractivity contribution in [2.24, 2.45) is 11.7 Å². The van der Waals surface area contributed by atoms with Gasteiger partial charge in [0.25, 0.3) is 0 Å². The summed E-state index contributed by atoms with van der Waals surface area (Å²) in [6.07, 6.45) is 3.21. The number of rotatable bonds is 2. The SMILES string of the molecule is COc1ccc2c(c1)C1(CCC2)CNCC1C(N)=O. The minimum absolute atomic E-state index is 0.112. The number of nitrogens with one attached hydrogen (secondary N) is 1. The van der Waals surface area contributed by atoms with Crippen LogP contribution in [0, 0.1) is 5.92 Å². The molecule has 1 amide bonds. The van der Waals surface area contributed by atoms with Crippen LogP contribution in [0.4, 0.5) is 0 Å². The van der Waals surface area contributed by atoms with Crippen LogP contribution in [0.25, 0.3) is 0 Å². The van der Waals surface area contributed by atoms with E-state index in [1.54, 1.807) is 7.11 Å². The predicted octanol–water partition coefficient (Wildman–Crippen LogP) is 0.974. The first-order valence-corrected chi connectivity index (χ1v) is 6.85. The molecule has 2 atom stereocenters. The molecule has 2 unspecified atom stereocenters. The molecule has 3 rings (SSSR count). The van der Waals surface area contributed by atoms with Gasteiger partial charge < -0.3 is 15.8 Å². The second kappa shape index (κ2) is 4.53. The van der Waals surface area contributed by atoms with Gasteiger partial charge in [-0.1, -0.05) is 6.07 Å². The zero-order valence-electron chi connectivity index (χ0n) is 11.2. The quantitative estimate of drug-likeness (QED) is 0.833. The van der Waals surface area contributed by atoms with E-state index >= 15 is 0 Å². The summed E-state index contributed by atoms with van der Waals surface area (Å²) in [5.74, 6) is 0.550. The van der Waals surface area contributed by atoms with Gasteiger partial charge in [-0.2, -0.15) is 0 Å². The largest absolute Gasteiger partial charge is 0.497 e. The molecule has 2 aliphatic rings. The number of hydrogen-bond donors (Lipinski definition) is 2. The molecule has 0 saturated carbocycles. The number of nitrogens with two attached hydrogens (primary N) is 1. The molecular formula is C15H20N2O2. The molecule has 1 heterocycles. The lowest BCUT2D eigenvalue weighted by Crippen LogP contribution is -2.44. The van der Waals surface area contributed by atoms with Crippen LogP contribution in [-0.4, -0.2) is 26.1 Å². The van der Waals surface area contributed by atoms with Crippen LogP contribution in [-0.2, 0) is 16.6 Å². The molecule has 4 heteroatoms. The summed E-state index contributed by atoms with van der Waals surface area (Å²) < 4.78 is 5.34. The summed E-state index contributed by atoms with van der Waals surface area (Å²) in [7, 11) is 1.68. The third-order valence-corrected chi connectivity index (χ3v) is 4.72. The standard InChI is InChI=1S/C15H20N2O2/c1-19-11-5-4-10-3-2-6-15(12(10)7-11)9-17-8-13(15)14(16)18/h4-5,7,13,17H,2-3,6,8-9H2,1H3,(H2,16,18). The lowest BCUT2D eigenvalue weighted by Gasteiger charge is -2.39. The van der Waals surface area contributed by atoms with Crippen molar-refractivity contribution < 1.29 is 9.53 Å². The van der Waals surface area contributed by atoms with Crippen molar-refractivity contribution in [2.45, 2.75) is 24.7 Å². The average molecular weight is 260 g/mol. The van der Waals surface area contributed by atoms with Gasteiger partial charge in [-0.15, -0.1) is 0 Å². The summed E-state index contributed by atoms with van der Waals surface area (Å²) >= 11 is 0. The van der Waals surface area contributed by atoms with E-state index in [9.17, 15) is 4.79 Å². The van der Waals surface area contributed by atoms with Crippen molar-refractivity contribution in [3.8, 4) is 5.75 Å². The van der Waals surface area contributed by atoms with E-state index in [-0.39, 0.29) is 17.2 Å². The molecule has 1 fully saturated rings. The van der Waals surface area contributed by atoms with E-state index in [0.717, 1.165) is 31.6 Å². The van der Waals surface area contributed by atoms with E-state index in [4.69, 9.17) is 10.5 Å². The summed E-state index contributed by atoms with van der Waals surface area (Å²) in [5.41, 5.74) is 8.08. The first-order chi connectivity index (χ1) is 9.17. The number of ether oxygens (including phenoxy) is 1. The number of hydrogen-bond acceptors (Lipinski definition) is 3. The number of primary amides is 1. The van der Waals surface area contributed by atoms with E-state index < -0.39 is 0 Å². The maximum absolute atomic E-state index is 11.8. The highest BCUT2D eigenvalue weighted by Crippen LogP contribution is 2.45. The molecular weight excluding hydrogens is 240 g/mol. The zero-order chi connectivity index (χ0) is 13.5. The molecule has 1 aliphatic carbocycles. The number of carbonyl (C=O) groups is 1. The van der Waals surface area contributed by atoms with E-state index in [1.165, 1.54) is 11.1 Å². The van der Waals surface area contributed by atoms with Crippen LogP contribution in [0.5, 0.6) is 5.75 Å². The van der Waals surface area contributed by atoms with Gasteiger partial charge >= 0.3 is 0 Å². The summed E-state index contributed by atoms with van der Waals surface area (Å²) in [5, 5.41) is 3.35. The van der Waals surface area contributed by atoms with E-state index in [1.807, 2.05) is 6.07 Å². The topological polar surface area (TPSA) is 64.3 Å². The molecule has 4 nitrogen and oxygen atoms in total. The maximum atomic E-state index is 11.8. The van der Waals surface area contributed by atoms with Gasteiger partial charge in [-0.05, 0) is 42.5 Å². The van der Waals surface area contributed by atoms with Gasteiger partial charge in [0.2, 0.25) is 5.91 Å². The molecule has 1 spiro atoms. The highest BCUT2D eigenvalue weighted by Gasteiger charge is 2.49. The van der Waals surface area contributed by atoms with Crippen LogP contribution in [0.1, 0.15) is 24.0 Å². The van der Waals surface area contributed by atoms with Crippen molar-refractivity contribution in [1.29, 1.82) is 0 Å². The Morgan fingerprint density at radius 2 is 2.37 bits per heavy atom. The lowest BCUT2D eigenvalue weighted by atomic mass is 9.64. The fraction of sp³-hybridized carbons (Fsp3) is 0.533. The Kier molecular flexibility index (Phi) is 2.97. The lowest BCUT2D eigenvalue weighted by molar-refractivity contribution is -0.123. The van der Waals surface area contributed by atoms with Crippen molar-refractivity contribution in [3.05, 3.63) is 29.3 Å². The minimum Gasteiger partial charge on any atom is -0.497 e. The summed E-state index contributed by atoms with van der Waals surface area (Å²) in [6.45, 7) is 1.52. The summed E-state index contributed by atoms with van der Waals surface area (Å²) in [6, 6.07) is 6.22. The predicted molar refractivity (Wildman–Crippen MR) is 73.2 cm³/mol. The normalized spacial score (nSPS) is 29.2. The number of benzene rings is 1. The van der Waals surface area contributed by atoms with Crippen LogP contribution in [0.2, 0.25) is 0 Å². The molecule has 1 saturated heterocycles. The minimum atomic E-state index is -0.194. The van der Waals surface area contributed by atoms with Crippen molar-refractivity contribution in [3.63, 3.8) is 0 Å². The zero-order valence-corrected chi connectivity index (χ0v) is 11.2. The third kappa shape index (κ3) is 1.82. The Labute approximate surface area is 113 Å². The highest BCUT2D eigenvalue weighted by molar-refractivity contribution is 5.80. The number of amides is 1. The van der Waals surface area contributed by atoms with Crippen molar-refractivity contribution in [2.75, 3.05) is 20.2 Å². The van der Waals surface area contributed by atoms with Crippen molar-refractivity contribution >= 4 is 5.91 Å². The van der Waals surface area contributed by atoms with Crippen LogP contribution >= 0.6 is 0 Å². The van der Waals surface area contributed by atoms with Gasteiger partial charge in [0, 0.05) is 18.5 Å². The van der Waals surface area contributed by atoms with Crippen LogP contribution in [0.3, 0.4) is 0 Å². The molecule has 3 N–H and O–H groups in total. The fourth-order valence-electron chi connectivity index (χ4n) is 3.77. The van der Waals surface area contributed by atoms with E-state index in [0.29, 0.717) is 6.54 Å². The number of carbonyl (C=O) groups excluding carboxylic acids is 1. The Morgan fingerprint density at radius 3 is 3.11 bits per heavy atom. The maximum Gasteiger partial charge on any atom is 0.222 e. The number of fused-ring (bicyclic) bond motifs is 2. The Morgan fingerprint density at radius 1 is 1.53 bits per heavy atom. The van der Waals surface area contributed by atoms with Gasteiger partial charge in [0.15, 0.2) is 0 Å². The fourth-order valence-corrected chi connectivity index (χ4v) is 3.77. The van der Waals surface area contributed by atoms with Gasteiger partial charge in [0.1, 0.15) is 5.75 Å². The Bertz CT molecular complexity index is 515.